The third-order valence-electron chi connectivity index (χ3n) is 8.68. The van der Waals surface area contributed by atoms with Gasteiger partial charge in [-0.3, -0.25) is 24.7 Å². The number of carbonyl (C=O) groups excluding carboxylic acids is 3. The highest BCUT2D eigenvalue weighted by Gasteiger charge is 2.34. The Bertz CT molecular complexity index is 1610. The molecule has 0 aromatic heterocycles. The van der Waals surface area contributed by atoms with E-state index in [1.807, 2.05) is 54.6 Å². The molecule has 1 saturated heterocycles. The van der Waals surface area contributed by atoms with Crippen molar-refractivity contribution in [3.63, 3.8) is 0 Å². The van der Waals surface area contributed by atoms with E-state index in [-0.39, 0.29) is 17.9 Å². The average molecular weight is 602 g/mol. The van der Waals surface area contributed by atoms with Crippen LogP contribution in [-0.4, -0.2) is 53.4 Å². The topological polar surface area (TPSA) is 79.0 Å². The fourth-order valence-electron chi connectivity index (χ4n) is 6.30. The molecule has 2 aliphatic rings. The Morgan fingerprint density at radius 2 is 1.36 bits per heavy atom. The predicted molar refractivity (Wildman–Crippen MR) is 176 cm³/mol. The minimum absolute atomic E-state index is 0.100. The molecule has 0 bridgehead atoms. The average Bonchev–Trinajstić information content (AvgIpc) is 3.31. The molecule has 45 heavy (non-hydrogen) atoms. The van der Waals surface area contributed by atoms with E-state index in [0.717, 1.165) is 75.0 Å². The molecule has 7 nitrogen and oxygen atoms in total. The number of likely N-dealkylation sites (tertiary alicyclic amines) is 1. The molecule has 0 spiro atoms. The molecular formula is C38H39N3O4. The summed E-state index contributed by atoms with van der Waals surface area (Å²) in [6.45, 7) is 3.09. The Kier molecular flexibility index (Phi) is 9.66. The van der Waals surface area contributed by atoms with E-state index in [1.54, 1.807) is 24.3 Å². The number of ether oxygens (including phenoxy) is 1. The molecule has 0 unspecified atom stereocenters. The largest absolute Gasteiger partial charge is 0.446 e. The van der Waals surface area contributed by atoms with Gasteiger partial charge in [0.1, 0.15) is 6.10 Å². The van der Waals surface area contributed by atoms with Crippen LogP contribution < -0.4 is 5.32 Å². The molecule has 6 rings (SSSR count). The van der Waals surface area contributed by atoms with Crippen LogP contribution in [0.5, 0.6) is 0 Å². The van der Waals surface area contributed by atoms with E-state index in [2.05, 4.69) is 34.5 Å². The van der Waals surface area contributed by atoms with Gasteiger partial charge in [0.25, 0.3) is 11.8 Å². The normalized spacial score (nSPS) is 15.2. The highest BCUT2D eigenvalue weighted by atomic mass is 16.6. The number of hydrogen-bond donors (Lipinski definition) is 1. The fraction of sp³-hybridized carbons (Fsp3) is 0.289. The molecule has 0 aliphatic carbocycles. The van der Waals surface area contributed by atoms with Crippen LogP contribution in [0.3, 0.4) is 0 Å². The van der Waals surface area contributed by atoms with Gasteiger partial charge >= 0.3 is 6.09 Å². The lowest BCUT2D eigenvalue weighted by atomic mass is 10.0. The number of carbonyl (C=O) groups is 3. The third kappa shape index (κ3) is 7.49. The van der Waals surface area contributed by atoms with Crippen molar-refractivity contribution in [2.75, 3.05) is 25.0 Å². The zero-order chi connectivity index (χ0) is 31.0. The summed E-state index contributed by atoms with van der Waals surface area (Å²) in [5, 5.41) is 2.95. The van der Waals surface area contributed by atoms with Crippen molar-refractivity contribution in [3.8, 4) is 11.1 Å². The van der Waals surface area contributed by atoms with Gasteiger partial charge in [-0.1, -0.05) is 91.3 Å². The highest BCUT2D eigenvalue weighted by molar-refractivity contribution is 6.21. The maximum atomic E-state index is 12.8. The van der Waals surface area contributed by atoms with Crippen LogP contribution in [0.15, 0.2) is 103 Å². The number of anilines is 1. The molecular weight excluding hydrogens is 562 g/mol. The van der Waals surface area contributed by atoms with Crippen molar-refractivity contribution < 1.29 is 19.1 Å². The lowest BCUT2D eigenvalue weighted by Crippen LogP contribution is -2.38. The zero-order valence-electron chi connectivity index (χ0n) is 25.5. The number of benzene rings is 4. The third-order valence-corrected chi connectivity index (χ3v) is 8.68. The van der Waals surface area contributed by atoms with Gasteiger partial charge in [-0.25, -0.2) is 4.79 Å². The Balaban J connectivity index is 0.907. The number of piperidine rings is 1. The molecule has 230 valence electrons. The summed E-state index contributed by atoms with van der Waals surface area (Å²) < 4.78 is 5.81. The molecule has 2 heterocycles. The molecule has 4 aromatic carbocycles. The smallest absolute Gasteiger partial charge is 0.411 e. The van der Waals surface area contributed by atoms with Gasteiger partial charge < -0.3 is 4.74 Å². The number of hydrogen-bond acceptors (Lipinski definition) is 5. The second kappa shape index (κ2) is 14.4. The van der Waals surface area contributed by atoms with Crippen molar-refractivity contribution >= 4 is 23.6 Å². The fourth-order valence-corrected chi connectivity index (χ4v) is 6.30. The monoisotopic (exact) mass is 601 g/mol. The molecule has 0 radical (unpaired) electrons. The van der Waals surface area contributed by atoms with Crippen LogP contribution >= 0.6 is 0 Å². The maximum absolute atomic E-state index is 12.8. The van der Waals surface area contributed by atoms with Crippen LogP contribution in [-0.2, 0) is 17.7 Å². The van der Waals surface area contributed by atoms with Gasteiger partial charge in [-0.05, 0) is 67.0 Å². The number of unbranched alkanes of at least 4 members (excludes halogenated alkanes) is 2. The molecule has 3 amide bonds. The van der Waals surface area contributed by atoms with E-state index >= 15 is 0 Å². The molecule has 0 saturated carbocycles. The van der Waals surface area contributed by atoms with Crippen LogP contribution in [0, 0.1) is 0 Å². The first kappa shape index (κ1) is 30.3. The lowest BCUT2D eigenvalue weighted by molar-refractivity contribution is 0.0566. The number of fused-ring (bicyclic) bond motifs is 1. The van der Waals surface area contributed by atoms with Crippen molar-refractivity contribution in [1.29, 1.82) is 0 Å². The molecule has 1 N–H and O–H groups in total. The Morgan fingerprint density at radius 1 is 0.711 bits per heavy atom. The van der Waals surface area contributed by atoms with Gasteiger partial charge in [-0.15, -0.1) is 0 Å². The molecule has 4 aromatic rings. The van der Waals surface area contributed by atoms with Gasteiger partial charge in [0, 0.05) is 31.7 Å². The van der Waals surface area contributed by atoms with E-state index in [0.29, 0.717) is 17.7 Å². The number of nitrogens with one attached hydrogen (secondary N) is 1. The van der Waals surface area contributed by atoms with Crippen LogP contribution in [0.25, 0.3) is 11.1 Å². The Hall–Kier alpha value is -4.75. The zero-order valence-corrected chi connectivity index (χ0v) is 25.5. The Labute approximate surface area is 264 Å². The van der Waals surface area contributed by atoms with Crippen LogP contribution in [0.4, 0.5) is 10.5 Å². The summed E-state index contributed by atoms with van der Waals surface area (Å²) in [6.07, 6.45) is 4.84. The second-order valence-electron chi connectivity index (χ2n) is 11.9. The van der Waals surface area contributed by atoms with Crippen molar-refractivity contribution in [2.24, 2.45) is 0 Å². The Morgan fingerprint density at radius 3 is 2.09 bits per heavy atom. The first-order chi connectivity index (χ1) is 22.0. The first-order valence-corrected chi connectivity index (χ1v) is 15.9. The first-order valence-electron chi connectivity index (χ1n) is 15.9. The predicted octanol–water partition coefficient (Wildman–Crippen LogP) is 7.58. The SMILES string of the molecule is O=C(Nc1ccccc1-c1ccccc1)OC1CCN(Cc2cccc(CCCCCN3C(=O)c4ccccc4C3=O)c2)CC1. The second-order valence-corrected chi connectivity index (χ2v) is 11.9. The summed E-state index contributed by atoms with van der Waals surface area (Å²) in [5.74, 6) is -0.349. The molecule has 7 heteroatoms. The van der Waals surface area contributed by atoms with E-state index in [4.69, 9.17) is 4.74 Å². The number of rotatable bonds is 11. The van der Waals surface area contributed by atoms with E-state index in [9.17, 15) is 14.4 Å². The number of para-hydroxylation sites is 1. The highest BCUT2D eigenvalue weighted by Crippen LogP contribution is 2.28. The summed E-state index contributed by atoms with van der Waals surface area (Å²) in [5.41, 5.74) is 6.38. The summed E-state index contributed by atoms with van der Waals surface area (Å²) in [6, 6.07) is 33.6. The van der Waals surface area contributed by atoms with E-state index in [1.165, 1.54) is 16.0 Å². The molecule has 0 atom stereocenters. The minimum atomic E-state index is -0.409. The number of nitrogens with zero attached hydrogens (tertiary/aromatic N) is 2. The summed E-state index contributed by atoms with van der Waals surface area (Å²) >= 11 is 0. The maximum Gasteiger partial charge on any atom is 0.411 e. The molecule has 2 aliphatic heterocycles. The summed E-state index contributed by atoms with van der Waals surface area (Å²) in [7, 11) is 0. The van der Waals surface area contributed by atoms with Gasteiger partial charge in [-0.2, -0.15) is 0 Å². The van der Waals surface area contributed by atoms with Gasteiger partial charge in [0.2, 0.25) is 0 Å². The van der Waals surface area contributed by atoms with Crippen molar-refractivity contribution in [2.45, 2.75) is 51.2 Å². The quantitative estimate of drug-likeness (QED) is 0.142. The van der Waals surface area contributed by atoms with Crippen molar-refractivity contribution in [3.05, 3.63) is 125 Å². The van der Waals surface area contributed by atoms with Gasteiger partial charge in [0.05, 0.1) is 16.8 Å². The van der Waals surface area contributed by atoms with Crippen LogP contribution in [0.2, 0.25) is 0 Å². The number of imide groups is 1. The molecule has 1 fully saturated rings. The van der Waals surface area contributed by atoms with E-state index < -0.39 is 6.09 Å². The number of amides is 3. The van der Waals surface area contributed by atoms with Crippen molar-refractivity contribution in [1.82, 2.24) is 9.80 Å². The van der Waals surface area contributed by atoms with Crippen LogP contribution in [0.1, 0.15) is 63.9 Å². The standard InChI is InChI=1S/C38H39N3O4/c42-36-33-18-6-7-19-34(33)37(43)41(36)23-10-2-3-12-28-13-11-14-29(26-28)27-40-24-21-31(22-25-40)45-38(44)39-35-20-9-8-17-32(35)30-15-4-1-5-16-30/h1,4-9,11,13-20,26,31H,2-3,10,12,21-25,27H2,(H,39,44). The number of aryl methyl sites for hydroxylation is 1. The minimum Gasteiger partial charge on any atom is -0.446 e. The summed E-state index contributed by atoms with van der Waals surface area (Å²) in [4.78, 5) is 41.7. The lowest BCUT2D eigenvalue weighted by Gasteiger charge is -2.31. The van der Waals surface area contributed by atoms with Gasteiger partial charge in [0.15, 0.2) is 0 Å².